The maximum absolute atomic E-state index is 12.8. The summed E-state index contributed by atoms with van der Waals surface area (Å²) in [6.07, 6.45) is 0.689. The Kier molecular flexibility index (Phi) is 5.71. The second-order valence-corrected chi connectivity index (χ2v) is 7.54. The number of hydrogen-bond acceptors (Lipinski definition) is 1. The van der Waals surface area contributed by atoms with Gasteiger partial charge in [0, 0.05) is 24.2 Å². The van der Waals surface area contributed by atoms with E-state index in [2.05, 4.69) is 33.8 Å². The van der Waals surface area contributed by atoms with Gasteiger partial charge >= 0.3 is 0 Å². The fourth-order valence-corrected chi connectivity index (χ4v) is 2.83. The molecule has 127 valence electrons. The Morgan fingerprint density at radius 1 is 1.17 bits per heavy atom. The van der Waals surface area contributed by atoms with Crippen molar-refractivity contribution < 1.29 is 4.79 Å². The summed E-state index contributed by atoms with van der Waals surface area (Å²) >= 11 is 6.17. The molecule has 0 atom stereocenters. The van der Waals surface area contributed by atoms with Crippen LogP contribution in [0, 0.1) is 6.92 Å². The van der Waals surface area contributed by atoms with E-state index < -0.39 is 0 Å². The number of halogens is 1. The van der Waals surface area contributed by atoms with E-state index in [4.69, 9.17) is 11.6 Å². The van der Waals surface area contributed by atoms with Gasteiger partial charge in [0.15, 0.2) is 0 Å². The Balaban J connectivity index is 2.60. The first kappa shape index (κ1) is 18.5. The molecule has 0 aliphatic heterocycles. The molecule has 0 bridgehead atoms. The quantitative estimate of drug-likeness (QED) is 0.708. The van der Waals surface area contributed by atoms with Crippen LogP contribution in [0.1, 0.15) is 43.1 Å². The minimum absolute atomic E-state index is 0.00808. The summed E-state index contributed by atoms with van der Waals surface area (Å²) < 4.78 is 0. The second-order valence-electron chi connectivity index (χ2n) is 7.10. The van der Waals surface area contributed by atoms with E-state index in [1.807, 2.05) is 43.4 Å². The number of rotatable bonds is 4. The van der Waals surface area contributed by atoms with Gasteiger partial charge < -0.3 is 4.90 Å². The lowest BCUT2D eigenvalue weighted by Gasteiger charge is -2.23. The molecule has 0 unspecified atom stereocenters. The number of nitrogens with zero attached hydrogens (tertiary/aromatic N) is 1. The molecule has 0 aliphatic carbocycles. The Morgan fingerprint density at radius 2 is 1.88 bits per heavy atom. The van der Waals surface area contributed by atoms with Gasteiger partial charge in [-0.05, 0) is 52.8 Å². The molecule has 1 amide bonds. The molecule has 24 heavy (non-hydrogen) atoms. The van der Waals surface area contributed by atoms with Crippen LogP contribution in [-0.4, -0.2) is 24.4 Å². The zero-order chi connectivity index (χ0) is 17.9. The zero-order valence-corrected chi connectivity index (χ0v) is 15.7. The molecular formula is C21H25ClNO. The van der Waals surface area contributed by atoms with Gasteiger partial charge in [-0.25, -0.2) is 0 Å². The van der Waals surface area contributed by atoms with Crippen molar-refractivity contribution in [2.24, 2.45) is 0 Å². The van der Waals surface area contributed by atoms with Gasteiger partial charge in [-0.15, -0.1) is 0 Å². The summed E-state index contributed by atoms with van der Waals surface area (Å²) in [6.45, 7) is 11.0. The standard InChI is InChI=1S/C21H25ClNO/c1-6-12-23(5)20(24)18-11-10-16(21(2,3)4)14-19(18)15-8-7-9-17(22)13-15/h7-11,13-14H,1,6,12H2,2-5H3. The van der Waals surface area contributed by atoms with E-state index in [1.165, 1.54) is 5.56 Å². The first-order valence-corrected chi connectivity index (χ1v) is 8.57. The normalized spacial score (nSPS) is 11.4. The molecule has 2 aromatic carbocycles. The van der Waals surface area contributed by atoms with Crippen molar-refractivity contribution in [1.82, 2.24) is 4.90 Å². The fraction of sp³-hybridized carbons (Fsp3) is 0.333. The van der Waals surface area contributed by atoms with E-state index in [-0.39, 0.29) is 11.3 Å². The minimum Gasteiger partial charge on any atom is -0.342 e. The predicted octanol–water partition coefficient (Wildman–Crippen LogP) is 5.60. The van der Waals surface area contributed by atoms with Gasteiger partial charge in [-0.2, -0.15) is 0 Å². The first-order chi connectivity index (χ1) is 11.2. The molecule has 0 spiro atoms. The summed E-state index contributed by atoms with van der Waals surface area (Å²) in [6, 6.07) is 13.7. The van der Waals surface area contributed by atoms with E-state index in [1.54, 1.807) is 4.90 Å². The highest BCUT2D eigenvalue weighted by Gasteiger charge is 2.21. The van der Waals surface area contributed by atoms with Crippen LogP contribution in [0.25, 0.3) is 11.1 Å². The third kappa shape index (κ3) is 4.18. The van der Waals surface area contributed by atoms with Gasteiger partial charge in [0.1, 0.15) is 0 Å². The molecule has 0 N–H and O–H groups in total. The maximum atomic E-state index is 12.8. The number of hydrogen-bond donors (Lipinski definition) is 0. The zero-order valence-electron chi connectivity index (χ0n) is 14.9. The smallest absolute Gasteiger partial charge is 0.254 e. The van der Waals surface area contributed by atoms with Crippen molar-refractivity contribution in [2.45, 2.75) is 32.6 Å². The lowest BCUT2D eigenvalue weighted by atomic mass is 9.84. The lowest BCUT2D eigenvalue weighted by molar-refractivity contribution is 0.0798. The molecule has 2 aromatic rings. The average Bonchev–Trinajstić information content (AvgIpc) is 2.53. The molecule has 1 radical (unpaired) electrons. The highest BCUT2D eigenvalue weighted by Crippen LogP contribution is 2.32. The molecule has 0 fully saturated rings. The summed E-state index contributed by atoms with van der Waals surface area (Å²) in [5, 5.41) is 0.665. The number of amides is 1. The van der Waals surface area contributed by atoms with Crippen LogP contribution in [0.5, 0.6) is 0 Å². The molecular weight excluding hydrogens is 318 g/mol. The van der Waals surface area contributed by atoms with Crippen LogP contribution in [0.15, 0.2) is 42.5 Å². The first-order valence-electron chi connectivity index (χ1n) is 8.19. The second kappa shape index (κ2) is 7.40. The Morgan fingerprint density at radius 3 is 2.46 bits per heavy atom. The van der Waals surface area contributed by atoms with Crippen LogP contribution in [0.2, 0.25) is 5.02 Å². The van der Waals surface area contributed by atoms with Gasteiger partial charge in [0.25, 0.3) is 5.91 Å². The van der Waals surface area contributed by atoms with Gasteiger partial charge in [0.05, 0.1) is 0 Å². The largest absolute Gasteiger partial charge is 0.342 e. The molecule has 0 saturated carbocycles. The third-order valence-corrected chi connectivity index (χ3v) is 4.33. The van der Waals surface area contributed by atoms with Crippen LogP contribution >= 0.6 is 11.6 Å². The highest BCUT2D eigenvalue weighted by atomic mass is 35.5. The van der Waals surface area contributed by atoms with Crippen LogP contribution in [0.4, 0.5) is 0 Å². The van der Waals surface area contributed by atoms with Crippen molar-refractivity contribution in [2.75, 3.05) is 13.6 Å². The fourth-order valence-electron chi connectivity index (χ4n) is 2.64. The van der Waals surface area contributed by atoms with Crippen molar-refractivity contribution in [3.63, 3.8) is 0 Å². The van der Waals surface area contributed by atoms with Crippen LogP contribution < -0.4 is 0 Å². The van der Waals surface area contributed by atoms with Crippen molar-refractivity contribution >= 4 is 17.5 Å². The third-order valence-electron chi connectivity index (χ3n) is 4.09. The Bertz CT molecular complexity index is 731. The molecule has 3 heteroatoms. The van der Waals surface area contributed by atoms with E-state index in [0.717, 1.165) is 11.1 Å². The molecule has 0 heterocycles. The molecule has 2 nitrogen and oxygen atoms in total. The monoisotopic (exact) mass is 342 g/mol. The lowest BCUT2D eigenvalue weighted by Crippen LogP contribution is -2.28. The molecule has 2 rings (SSSR count). The van der Waals surface area contributed by atoms with E-state index in [9.17, 15) is 4.79 Å². The molecule has 0 aliphatic rings. The Labute approximate surface area is 150 Å². The molecule has 0 saturated heterocycles. The predicted molar refractivity (Wildman–Crippen MR) is 103 cm³/mol. The van der Waals surface area contributed by atoms with Gasteiger partial charge in [-0.3, -0.25) is 4.79 Å². The SMILES string of the molecule is [CH2]CCN(C)C(=O)c1ccc(C(C)(C)C)cc1-c1cccc(Cl)c1. The van der Waals surface area contributed by atoms with Gasteiger partial charge in [0.2, 0.25) is 0 Å². The topological polar surface area (TPSA) is 20.3 Å². The van der Waals surface area contributed by atoms with Crippen LogP contribution in [-0.2, 0) is 5.41 Å². The Hall–Kier alpha value is -1.80. The summed E-state index contributed by atoms with van der Waals surface area (Å²) in [5.41, 5.74) is 3.77. The molecule has 0 aromatic heterocycles. The summed E-state index contributed by atoms with van der Waals surface area (Å²) in [5.74, 6) is 0.00841. The number of carbonyl (C=O) groups excluding carboxylic acids is 1. The number of carbonyl (C=O) groups is 1. The van der Waals surface area contributed by atoms with Crippen LogP contribution in [0.3, 0.4) is 0 Å². The average molecular weight is 343 g/mol. The van der Waals surface area contributed by atoms with Crippen molar-refractivity contribution in [3.05, 3.63) is 65.5 Å². The van der Waals surface area contributed by atoms with Gasteiger partial charge in [-0.1, -0.05) is 57.5 Å². The minimum atomic E-state index is 0.00808. The van der Waals surface area contributed by atoms with E-state index in [0.29, 0.717) is 23.6 Å². The van der Waals surface area contributed by atoms with Crippen molar-refractivity contribution in [3.8, 4) is 11.1 Å². The highest BCUT2D eigenvalue weighted by molar-refractivity contribution is 6.30. The number of benzene rings is 2. The maximum Gasteiger partial charge on any atom is 0.254 e. The summed E-state index contributed by atoms with van der Waals surface area (Å²) in [7, 11) is 1.81. The van der Waals surface area contributed by atoms with Crippen molar-refractivity contribution in [1.29, 1.82) is 0 Å². The van der Waals surface area contributed by atoms with E-state index >= 15 is 0 Å². The summed E-state index contributed by atoms with van der Waals surface area (Å²) in [4.78, 5) is 14.6.